The molecule has 0 amide bonds. The fraction of sp³-hybridized carbons (Fsp3) is 0.174. The Morgan fingerprint density at radius 1 is 0.880 bits per heavy atom. The third-order valence-electron chi connectivity index (χ3n) is 5.26. The van der Waals surface area contributed by atoms with Crippen molar-refractivity contribution in [3.63, 3.8) is 0 Å². The van der Waals surface area contributed by atoms with Crippen LogP contribution in [0.5, 0.6) is 0 Å². The van der Waals surface area contributed by atoms with E-state index in [-0.39, 0.29) is 7.43 Å². The molecule has 25 heavy (non-hydrogen) atoms. The molecule has 0 unspecified atom stereocenters. The first-order valence-corrected chi connectivity index (χ1v) is 8.41. The second-order valence-electron chi connectivity index (χ2n) is 6.65. The van der Waals surface area contributed by atoms with Gasteiger partial charge in [-0.1, -0.05) is 56.0 Å². The minimum atomic E-state index is 0. The summed E-state index contributed by atoms with van der Waals surface area (Å²) in [4.78, 5) is 0. The largest absolute Gasteiger partial charge is 0.242 e. The van der Waals surface area contributed by atoms with Crippen LogP contribution < -0.4 is 4.68 Å². The minimum Gasteiger partial charge on any atom is -0.127 e. The number of aromatic nitrogens is 2. The van der Waals surface area contributed by atoms with Gasteiger partial charge < -0.3 is 0 Å². The van der Waals surface area contributed by atoms with E-state index in [0.29, 0.717) is 0 Å². The molecular formula is C23H23N2+. The second-order valence-corrected chi connectivity index (χ2v) is 6.65. The van der Waals surface area contributed by atoms with Crippen LogP contribution in [0.15, 0.2) is 66.9 Å². The molecular weight excluding hydrogens is 304 g/mol. The first-order chi connectivity index (χ1) is 11.7. The number of nitrogens with zero attached hydrogens (tertiary/aromatic N) is 2. The summed E-state index contributed by atoms with van der Waals surface area (Å²) in [6.45, 7) is 2.17. The topological polar surface area (TPSA) is 8.81 Å². The SMILES string of the molecule is C.Cc1ccccc1-n1cc2ccc3c(c2[n+]1C)Cc1ccccc1-3. The van der Waals surface area contributed by atoms with Crippen molar-refractivity contribution in [2.24, 2.45) is 7.05 Å². The Morgan fingerprint density at radius 2 is 1.64 bits per heavy atom. The van der Waals surface area contributed by atoms with Crippen LogP contribution in [0.4, 0.5) is 0 Å². The van der Waals surface area contributed by atoms with Gasteiger partial charge in [-0.15, -0.1) is 9.36 Å². The van der Waals surface area contributed by atoms with Crippen LogP contribution in [-0.4, -0.2) is 4.68 Å². The number of para-hydroxylation sites is 1. The standard InChI is InChI=1S/C22H19N2.CH4/c1-15-7-3-6-10-21(15)24-14-17-11-12-19-18-9-5-4-8-16(18)13-20(19)22(17)23(24)2;/h3-12,14H,13H2,1-2H3;1H4/q+1;. The number of benzene rings is 3. The lowest BCUT2D eigenvalue weighted by atomic mass is 10.0. The number of aryl methyl sites for hydroxylation is 2. The van der Waals surface area contributed by atoms with Gasteiger partial charge in [0.2, 0.25) is 5.52 Å². The lowest BCUT2D eigenvalue weighted by Crippen LogP contribution is -2.38. The van der Waals surface area contributed by atoms with Crippen LogP contribution in [0.3, 0.4) is 0 Å². The second kappa shape index (κ2) is 5.59. The molecule has 1 aromatic heterocycles. The lowest BCUT2D eigenvalue weighted by Gasteiger charge is -2.04. The molecule has 5 rings (SSSR count). The van der Waals surface area contributed by atoms with Crippen molar-refractivity contribution >= 4 is 10.9 Å². The highest BCUT2D eigenvalue weighted by Crippen LogP contribution is 2.39. The molecule has 1 heterocycles. The van der Waals surface area contributed by atoms with E-state index in [1.165, 1.54) is 44.4 Å². The maximum Gasteiger partial charge on any atom is 0.242 e. The highest BCUT2D eigenvalue weighted by molar-refractivity contribution is 5.91. The predicted octanol–water partition coefficient (Wildman–Crippen LogP) is 4.97. The predicted molar refractivity (Wildman–Crippen MR) is 104 cm³/mol. The molecule has 0 fully saturated rings. The van der Waals surface area contributed by atoms with Crippen LogP contribution in [0.1, 0.15) is 24.1 Å². The molecule has 0 radical (unpaired) electrons. The van der Waals surface area contributed by atoms with Gasteiger partial charge in [-0.05, 0) is 41.3 Å². The molecule has 0 atom stereocenters. The van der Waals surface area contributed by atoms with Gasteiger partial charge in [0.1, 0.15) is 5.69 Å². The normalized spacial score (nSPS) is 11.9. The zero-order valence-corrected chi connectivity index (χ0v) is 14.0. The number of fused-ring (bicyclic) bond motifs is 5. The van der Waals surface area contributed by atoms with Crippen LogP contribution in [0, 0.1) is 6.92 Å². The van der Waals surface area contributed by atoms with E-state index < -0.39 is 0 Å². The van der Waals surface area contributed by atoms with Crippen molar-refractivity contribution in [1.29, 1.82) is 0 Å². The Hall–Kier alpha value is -2.87. The highest BCUT2D eigenvalue weighted by atomic mass is 15.4. The Kier molecular flexibility index (Phi) is 3.50. The summed E-state index contributed by atoms with van der Waals surface area (Å²) in [5.41, 5.74) is 9.52. The van der Waals surface area contributed by atoms with Gasteiger partial charge in [-0.25, -0.2) is 0 Å². The zero-order valence-electron chi connectivity index (χ0n) is 14.0. The van der Waals surface area contributed by atoms with Crippen molar-refractivity contribution in [2.45, 2.75) is 20.8 Å². The van der Waals surface area contributed by atoms with Crippen LogP contribution >= 0.6 is 0 Å². The molecule has 4 aromatic rings. The van der Waals surface area contributed by atoms with Gasteiger partial charge >= 0.3 is 0 Å². The quantitative estimate of drug-likeness (QED) is 0.384. The first-order valence-electron chi connectivity index (χ1n) is 8.41. The summed E-state index contributed by atoms with van der Waals surface area (Å²) in [5.74, 6) is 0. The summed E-state index contributed by atoms with van der Waals surface area (Å²) in [7, 11) is 2.16. The third-order valence-corrected chi connectivity index (χ3v) is 5.26. The molecule has 124 valence electrons. The Labute approximate surface area is 149 Å². The van der Waals surface area contributed by atoms with E-state index >= 15 is 0 Å². The van der Waals surface area contributed by atoms with E-state index in [0.717, 1.165) is 6.42 Å². The molecule has 1 aliphatic rings. The lowest BCUT2D eigenvalue weighted by molar-refractivity contribution is -0.721. The van der Waals surface area contributed by atoms with Crippen LogP contribution in [-0.2, 0) is 13.5 Å². The average molecular weight is 327 g/mol. The van der Waals surface area contributed by atoms with Crippen LogP contribution in [0.2, 0.25) is 0 Å². The smallest absolute Gasteiger partial charge is 0.127 e. The molecule has 0 bridgehead atoms. The molecule has 3 aromatic carbocycles. The molecule has 0 spiro atoms. The van der Waals surface area contributed by atoms with Gasteiger partial charge in [0.05, 0.1) is 11.6 Å². The van der Waals surface area contributed by atoms with Gasteiger partial charge in [-0.2, -0.15) is 0 Å². The van der Waals surface area contributed by atoms with E-state index in [1.807, 2.05) is 0 Å². The fourth-order valence-electron chi connectivity index (χ4n) is 4.08. The van der Waals surface area contributed by atoms with Crippen molar-refractivity contribution in [1.82, 2.24) is 4.68 Å². The minimum absolute atomic E-state index is 0. The van der Waals surface area contributed by atoms with E-state index in [4.69, 9.17) is 0 Å². The maximum absolute atomic E-state index is 2.29. The van der Waals surface area contributed by atoms with E-state index in [9.17, 15) is 0 Å². The first kappa shape index (κ1) is 15.6. The summed E-state index contributed by atoms with van der Waals surface area (Å²) in [5, 5.41) is 1.30. The Morgan fingerprint density at radius 3 is 2.48 bits per heavy atom. The molecule has 0 saturated carbocycles. The average Bonchev–Trinajstić information content (AvgIpc) is 3.13. The highest BCUT2D eigenvalue weighted by Gasteiger charge is 2.27. The molecule has 1 aliphatic carbocycles. The Balaban J connectivity index is 0.00000157. The molecule has 2 nitrogen and oxygen atoms in total. The van der Waals surface area contributed by atoms with Crippen molar-refractivity contribution in [3.05, 3.63) is 83.6 Å². The monoisotopic (exact) mass is 327 g/mol. The van der Waals surface area contributed by atoms with Crippen LogP contribution in [0.25, 0.3) is 27.7 Å². The van der Waals surface area contributed by atoms with E-state index in [1.54, 1.807) is 0 Å². The third kappa shape index (κ3) is 2.14. The summed E-state index contributed by atoms with van der Waals surface area (Å²) < 4.78 is 4.56. The Bertz CT molecular complexity index is 1100. The van der Waals surface area contributed by atoms with Gasteiger partial charge in [0, 0.05) is 12.0 Å². The number of rotatable bonds is 1. The van der Waals surface area contributed by atoms with Gasteiger partial charge in [-0.3, -0.25) is 0 Å². The molecule has 2 heteroatoms. The summed E-state index contributed by atoms with van der Waals surface area (Å²) >= 11 is 0. The van der Waals surface area contributed by atoms with Gasteiger partial charge in [0.25, 0.3) is 0 Å². The fourth-order valence-corrected chi connectivity index (χ4v) is 4.08. The van der Waals surface area contributed by atoms with Gasteiger partial charge in [0.15, 0.2) is 7.05 Å². The maximum atomic E-state index is 2.29. The number of hydrogen-bond donors (Lipinski definition) is 0. The summed E-state index contributed by atoms with van der Waals surface area (Å²) in [6, 6.07) is 21.9. The number of hydrogen-bond acceptors (Lipinski definition) is 0. The zero-order chi connectivity index (χ0) is 16.3. The molecule has 0 N–H and O–H groups in total. The van der Waals surface area contributed by atoms with E-state index in [2.05, 4.69) is 90.2 Å². The van der Waals surface area contributed by atoms with Crippen molar-refractivity contribution in [3.8, 4) is 16.8 Å². The molecule has 0 aliphatic heterocycles. The molecule has 0 saturated heterocycles. The summed E-state index contributed by atoms with van der Waals surface area (Å²) in [6.07, 6.45) is 3.27. The van der Waals surface area contributed by atoms with Crippen molar-refractivity contribution in [2.75, 3.05) is 0 Å². The van der Waals surface area contributed by atoms with Crippen molar-refractivity contribution < 1.29 is 4.68 Å².